The van der Waals surface area contributed by atoms with Gasteiger partial charge < -0.3 is 11.1 Å². The number of nitrogens with zero attached hydrogens (tertiary/aromatic N) is 1. The summed E-state index contributed by atoms with van der Waals surface area (Å²) in [5.74, 6) is -1.49. The van der Waals surface area contributed by atoms with Crippen LogP contribution in [0.2, 0.25) is 0 Å². The van der Waals surface area contributed by atoms with Gasteiger partial charge in [-0.3, -0.25) is 29.4 Å². The van der Waals surface area contributed by atoms with Crippen LogP contribution in [0.15, 0.2) is 18.2 Å². The van der Waals surface area contributed by atoms with Crippen molar-refractivity contribution in [3.8, 4) is 0 Å². The summed E-state index contributed by atoms with van der Waals surface area (Å²) in [5, 5.41) is 5.53. The lowest BCUT2D eigenvalue weighted by atomic mass is 9.80. The fourth-order valence-corrected chi connectivity index (χ4v) is 3.97. The maximum atomic E-state index is 13.0. The lowest BCUT2D eigenvalue weighted by molar-refractivity contribution is -0.136. The van der Waals surface area contributed by atoms with Crippen LogP contribution in [0.5, 0.6) is 0 Å². The molecule has 0 bridgehead atoms. The Balaban J connectivity index is 1.52. The summed E-state index contributed by atoms with van der Waals surface area (Å²) in [7, 11) is 0. The van der Waals surface area contributed by atoms with E-state index in [0.717, 1.165) is 29.8 Å². The molecule has 4 N–H and O–H groups in total. The summed E-state index contributed by atoms with van der Waals surface area (Å²) in [6, 6.07) is 4.44. The van der Waals surface area contributed by atoms with Crippen molar-refractivity contribution in [3.05, 3.63) is 34.9 Å². The minimum Gasteiger partial charge on any atom is -0.327 e. The summed E-state index contributed by atoms with van der Waals surface area (Å²) < 4.78 is 0. The van der Waals surface area contributed by atoms with Crippen molar-refractivity contribution >= 4 is 23.6 Å². The molecule has 142 valence electrons. The average Bonchev–Trinajstić information content (AvgIpc) is 2.89. The Morgan fingerprint density at radius 3 is 2.59 bits per heavy atom. The predicted molar refractivity (Wildman–Crippen MR) is 95.5 cm³/mol. The van der Waals surface area contributed by atoms with Crippen LogP contribution in [-0.4, -0.2) is 47.2 Å². The van der Waals surface area contributed by atoms with Crippen LogP contribution in [0.3, 0.4) is 0 Å². The van der Waals surface area contributed by atoms with E-state index in [9.17, 15) is 19.2 Å². The van der Waals surface area contributed by atoms with Crippen LogP contribution in [0.1, 0.15) is 52.0 Å². The van der Waals surface area contributed by atoms with Crippen LogP contribution in [0.25, 0.3) is 0 Å². The molecule has 1 unspecified atom stereocenters. The topological polar surface area (TPSA) is 122 Å². The molecule has 4 amide bonds. The van der Waals surface area contributed by atoms with Crippen molar-refractivity contribution in [1.29, 1.82) is 0 Å². The Kier molecular flexibility index (Phi) is 4.53. The number of hydrogen-bond acceptors (Lipinski definition) is 6. The number of carbonyl (C=O) groups excluding carboxylic acids is 4. The molecule has 2 fully saturated rings. The SMILES string of the molecule is N[C@@H]1CC[C@@H]1CNCc1cccc2c1C(=O)N(C1CCC(=O)NC1=O)C2=O. The highest BCUT2D eigenvalue weighted by molar-refractivity contribution is 6.24. The number of hydrogen-bond donors (Lipinski definition) is 3. The average molecular weight is 370 g/mol. The zero-order chi connectivity index (χ0) is 19.1. The maximum Gasteiger partial charge on any atom is 0.262 e. The molecule has 0 radical (unpaired) electrons. The number of fused-ring (bicyclic) bond motifs is 1. The minimum absolute atomic E-state index is 0.111. The summed E-state index contributed by atoms with van der Waals surface area (Å²) >= 11 is 0. The monoisotopic (exact) mass is 370 g/mol. The number of rotatable bonds is 5. The molecule has 1 aliphatic carbocycles. The fourth-order valence-electron chi connectivity index (χ4n) is 3.97. The van der Waals surface area contributed by atoms with Crippen LogP contribution < -0.4 is 16.4 Å². The van der Waals surface area contributed by atoms with Gasteiger partial charge >= 0.3 is 0 Å². The first-order valence-corrected chi connectivity index (χ1v) is 9.27. The lowest BCUT2D eigenvalue weighted by Gasteiger charge is -2.33. The van der Waals surface area contributed by atoms with E-state index in [1.807, 2.05) is 6.07 Å². The number of piperidine rings is 1. The van der Waals surface area contributed by atoms with Gasteiger partial charge in [0.25, 0.3) is 11.8 Å². The molecule has 3 atom stereocenters. The smallest absolute Gasteiger partial charge is 0.262 e. The summed E-state index contributed by atoms with van der Waals surface area (Å²) in [6.45, 7) is 1.22. The summed E-state index contributed by atoms with van der Waals surface area (Å²) in [6.07, 6.45) is 2.41. The summed E-state index contributed by atoms with van der Waals surface area (Å²) in [4.78, 5) is 50.2. The number of nitrogens with one attached hydrogen (secondary N) is 2. The molecule has 2 aliphatic heterocycles. The van der Waals surface area contributed by atoms with Gasteiger partial charge in [-0.05, 0) is 43.4 Å². The van der Waals surface area contributed by atoms with E-state index in [1.54, 1.807) is 12.1 Å². The molecule has 8 heteroatoms. The molecule has 1 aromatic carbocycles. The van der Waals surface area contributed by atoms with Crippen molar-refractivity contribution in [3.63, 3.8) is 0 Å². The maximum absolute atomic E-state index is 13.0. The molecule has 2 heterocycles. The molecular weight excluding hydrogens is 348 g/mol. The van der Waals surface area contributed by atoms with E-state index < -0.39 is 23.8 Å². The Labute approximate surface area is 156 Å². The van der Waals surface area contributed by atoms with Crippen molar-refractivity contribution in [2.24, 2.45) is 11.7 Å². The van der Waals surface area contributed by atoms with Crippen molar-refractivity contribution in [2.45, 2.75) is 44.3 Å². The third-order valence-corrected chi connectivity index (χ3v) is 5.75. The largest absolute Gasteiger partial charge is 0.327 e. The van der Waals surface area contributed by atoms with Crippen LogP contribution in [0.4, 0.5) is 0 Å². The molecule has 0 aromatic heterocycles. The first-order valence-electron chi connectivity index (χ1n) is 9.27. The third kappa shape index (κ3) is 3.04. The minimum atomic E-state index is -0.941. The quantitative estimate of drug-likeness (QED) is 0.623. The van der Waals surface area contributed by atoms with Crippen LogP contribution in [0, 0.1) is 5.92 Å². The Morgan fingerprint density at radius 1 is 1.11 bits per heavy atom. The molecular formula is C19H22N4O4. The molecule has 3 aliphatic rings. The standard InChI is InChI=1S/C19H22N4O4/c20-13-5-4-10(13)8-21-9-11-2-1-3-12-16(11)19(27)23(18(12)26)14-6-7-15(24)22-17(14)25/h1-3,10,13-14,21H,4-9,20H2,(H,22,24,25)/t10-,13-,14?/m1/s1. The molecule has 4 rings (SSSR count). The van der Waals surface area contributed by atoms with Gasteiger partial charge in [-0.15, -0.1) is 0 Å². The molecule has 0 spiro atoms. The second kappa shape index (κ2) is 6.86. The molecule has 27 heavy (non-hydrogen) atoms. The molecule has 8 nitrogen and oxygen atoms in total. The lowest BCUT2D eigenvalue weighted by Crippen LogP contribution is -2.54. The highest BCUT2D eigenvalue weighted by Crippen LogP contribution is 2.30. The Morgan fingerprint density at radius 2 is 1.93 bits per heavy atom. The third-order valence-electron chi connectivity index (χ3n) is 5.75. The van der Waals surface area contributed by atoms with Gasteiger partial charge in [0.2, 0.25) is 11.8 Å². The van der Waals surface area contributed by atoms with Crippen molar-refractivity contribution < 1.29 is 19.2 Å². The van der Waals surface area contributed by atoms with E-state index in [2.05, 4.69) is 10.6 Å². The number of carbonyl (C=O) groups is 4. The van der Waals surface area contributed by atoms with Gasteiger partial charge in [0, 0.05) is 19.0 Å². The highest BCUT2D eigenvalue weighted by atomic mass is 16.2. The van der Waals surface area contributed by atoms with Gasteiger partial charge in [0.1, 0.15) is 6.04 Å². The van der Waals surface area contributed by atoms with Gasteiger partial charge in [0.05, 0.1) is 11.1 Å². The van der Waals surface area contributed by atoms with Crippen molar-refractivity contribution in [1.82, 2.24) is 15.5 Å². The van der Waals surface area contributed by atoms with Gasteiger partial charge in [0.15, 0.2) is 0 Å². The zero-order valence-corrected chi connectivity index (χ0v) is 14.9. The number of imide groups is 2. The second-order valence-electron chi connectivity index (χ2n) is 7.42. The molecule has 1 saturated heterocycles. The number of amides is 4. The second-order valence-corrected chi connectivity index (χ2v) is 7.42. The fraction of sp³-hybridized carbons (Fsp3) is 0.474. The predicted octanol–water partition coefficient (Wildman–Crippen LogP) is -0.0853. The molecule has 1 saturated carbocycles. The summed E-state index contributed by atoms with van der Waals surface area (Å²) in [5.41, 5.74) is 7.33. The first-order chi connectivity index (χ1) is 13.0. The van der Waals surface area contributed by atoms with E-state index in [-0.39, 0.29) is 24.8 Å². The first kappa shape index (κ1) is 17.8. The van der Waals surface area contributed by atoms with E-state index in [0.29, 0.717) is 23.6 Å². The van der Waals surface area contributed by atoms with E-state index >= 15 is 0 Å². The normalized spacial score (nSPS) is 27.4. The Hall–Kier alpha value is -2.58. The van der Waals surface area contributed by atoms with Gasteiger partial charge in [-0.25, -0.2) is 0 Å². The number of nitrogens with two attached hydrogens (primary N) is 1. The highest BCUT2D eigenvalue weighted by Gasteiger charge is 2.45. The van der Waals surface area contributed by atoms with E-state index in [4.69, 9.17) is 5.73 Å². The van der Waals surface area contributed by atoms with Gasteiger partial charge in [-0.2, -0.15) is 0 Å². The number of benzene rings is 1. The molecule has 1 aromatic rings. The zero-order valence-electron chi connectivity index (χ0n) is 14.9. The Bertz CT molecular complexity index is 837. The van der Waals surface area contributed by atoms with Crippen LogP contribution in [-0.2, 0) is 16.1 Å². The van der Waals surface area contributed by atoms with Crippen LogP contribution >= 0.6 is 0 Å². The van der Waals surface area contributed by atoms with Gasteiger partial charge in [-0.1, -0.05) is 12.1 Å². The van der Waals surface area contributed by atoms with Crippen molar-refractivity contribution in [2.75, 3.05) is 6.54 Å². The van der Waals surface area contributed by atoms with E-state index in [1.165, 1.54) is 0 Å².